The molecule has 6 heteroatoms. The van der Waals surface area contributed by atoms with Crippen molar-refractivity contribution in [1.82, 2.24) is 10.3 Å². The fraction of sp³-hybridized carbons (Fsp3) is 0.360. The SMILES string of the molecule is COc1ccc(OC(=O)N[C@H](C)C2CCC(c3ccnc4ccc(F)cc34)CC2)cc1. The Morgan fingerprint density at radius 3 is 2.48 bits per heavy atom. The quantitative estimate of drug-likeness (QED) is 0.562. The summed E-state index contributed by atoms with van der Waals surface area (Å²) in [5.74, 6) is 1.71. The molecule has 1 amide bonds. The molecule has 1 N–H and O–H groups in total. The van der Waals surface area contributed by atoms with Gasteiger partial charge in [0.15, 0.2) is 0 Å². The third-order valence-corrected chi connectivity index (χ3v) is 6.27. The van der Waals surface area contributed by atoms with Crippen LogP contribution in [0.25, 0.3) is 10.9 Å². The van der Waals surface area contributed by atoms with Crippen LogP contribution in [-0.4, -0.2) is 24.2 Å². The van der Waals surface area contributed by atoms with Crippen LogP contribution in [0, 0.1) is 11.7 Å². The molecule has 1 aromatic heterocycles. The van der Waals surface area contributed by atoms with Crippen LogP contribution in [0.5, 0.6) is 11.5 Å². The third-order valence-electron chi connectivity index (χ3n) is 6.27. The number of ether oxygens (including phenoxy) is 2. The Kier molecular flexibility index (Phi) is 6.35. The van der Waals surface area contributed by atoms with E-state index >= 15 is 0 Å². The number of halogens is 1. The average Bonchev–Trinajstić information content (AvgIpc) is 2.79. The zero-order valence-corrected chi connectivity index (χ0v) is 17.8. The molecule has 0 unspecified atom stereocenters. The molecule has 0 radical (unpaired) electrons. The van der Waals surface area contributed by atoms with Crippen molar-refractivity contribution in [3.8, 4) is 11.5 Å². The van der Waals surface area contributed by atoms with E-state index in [1.54, 1.807) is 49.7 Å². The minimum absolute atomic E-state index is 0.0123. The van der Waals surface area contributed by atoms with E-state index in [1.165, 1.54) is 11.6 Å². The number of amides is 1. The van der Waals surface area contributed by atoms with Crippen molar-refractivity contribution in [2.45, 2.75) is 44.6 Å². The van der Waals surface area contributed by atoms with Gasteiger partial charge in [0, 0.05) is 17.6 Å². The number of rotatable bonds is 5. The van der Waals surface area contributed by atoms with E-state index in [9.17, 15) is 9.18 Å². The molecule has 5 nitrogen and oxygen atoms in total. The number of carbonyl (C=O) groups excluding carboxylic acids is 1. The summed E-state index contributed by atoms with van der Waals surface area (Å²) in [6.07, 6.45) is 5.35. The highest BCUT2D eigenvalue weighted by molar-refractivity contribution is 5.82. The van der Waals surface area contributed by atoms with Crippen LogP contribution in [0.15, 0.2) is 54.7 Å². The Balaban J connectivity index is 1.33. The molecule has 1 aliphatic rings. The largest absolute Gasteiger partial charge is 0.497 e. The van der Waals surface area contributed by atoms with Crippen LogP contribution in [0.3, 0.4) is 0 Å². The van der Waals surface area contributed by atoms with Gasteiger partial charge in [0.2, 0.25) is 0 Å². The molecular weight excluding hydrogens is 395 g/mol. The number of nitrogens with one attached hydrogen (secondary N) is 1. The first-order valence-corrected chi connectivity index (χ1v) is 10.7. The minimum Gasteiger partial charge on any atom is -0.497 e. The first-order chi connectivity index (χ1) is 15.0. The highest BCUT2D eigenvalue weighted by Crippen LogP contribution is 2.39. The maximum atomic E-state index is 13.8. The first-order valence-electron chi connectivity index (χ1n) is 10.7. The summed E-state index contributed by atoms with van der Waals surface area (Å²) in [5, 5.41) is 3.87. The number of methoxy groups -OCH3 is 1. The lowest BCUT2D eigenvalue weighted by molar-refractivity contribution is 0.185. The normalized spacial score (nSPS) is 19.6. The number of hydrogen-bond acceptors (Lipinski definition) is 4. The summed E-state index contributed by atoms with van der Waals surface area (Å²) >= 11 is 0. The number of aromatic nitrogens is 1. The lowest BCUT2D eigenvalue weighted by atomic mass is 9.75. The smallest absolute Gasteiger partial charge is 0.412 e. The van der Waals surface area contributed by atoms with Crippen LogP contribution in [-0.2, 0) is 0 Å². The van der Waals surface area contributed by atoms with Crippen molar-refractivity contribution in [2.75, 3.05) is 7.11 Å². The first kappa shape index (κ1) is 21.1. The molecule has 1 fully saturated rings. The summed E-state index contributed by atoms with van der Waals surface area (Å²) in [7, 11) is 1.59. The van der Waals surface area contributed by atoms with Gasteiger partial charge in [0.25, 0.3) is 0 Å². The zero-order valence-electron chi connectivity index (χ0n) is 17.8. The number of pyridine rings is 1. The van der Waals surface area contributed by atoms with Crippen LogP contribution in [0.1, 0.15) is 44.1 Å². The number of hydrogen-bond donors (Lipinski definition) is 1. The standard InChI is InChI=1S/C25H27FN2O3/c1-16(28-25(29)31-21-10-8-20(30-2)9-11-21)17-3-5-18(6-4-17)22-13-14-27-24-12-7-19(26)15-23(22)24/h7-18H,3-6H2,1-2H3,(H,28,29)/t16-,17?,18?/m1/s1. The number of fused-ring (bicyclic) bond motifs is 1. The summed E-state index contributed by atoms with van der Waals surface area (Å²) in [6.45, 7) is 2.03. The molecule has 0 spiro atoms. The molecule has 0 bridgehead atoms. The van der Waals surface area contributed by atoms with E-state index in [0.29, 0.717) is 23.3 Å². The average molecular weight is 423 g/mol. The Hall–Kier alpha value is -3.15. The second kappa shape index (κ2) is 9.33. The highest BCUT2D eigenvalue weighted by Gasteiger charge is 2.28. The summed E-state index contributed by atoms with van der Waals surface area (Å²) in [4.78, 5) is 16.6. The van der Waals surface area contributed by atoms with E-state index in [-0.39, 0.29) is 11.9 Å². The van der Waals surface area contributed by atoms with Gasteiger partial charge < -0.3 is 14.8 Å². The van der Waals surface area contributed by atoms with Gasteiger partial charge in [-0.3, -0.25) is 4.98 Å². The molecule has 1 heterocycles. The van der Waals surface area contributed by atoms with Gasteiger partial charge in [0.05, 0.1) is 12.6 Å². The van der Waals surface area contributed by atoms with Crippen molar-refractivity contribution < 1.29 is 18.7 Å². The maximum absolute atomic E-state index is 13.8. The Bertz CT molecular complexity index is 1050. The topological polar surface area (TPSA) is 60.5 Å². The van der Waals surface area contributed by atoms with Gasteiger partial charge >= 0.3 is 6.09 Å². The zero-order chi connectivity index (χ0) is 21.8. The highest BCUT2D eigenvalue weighted by atomic mass is 19.1. The van der Waals surface area contributed by atoms with Gasteiger partial charge in [-0.1, -0.05) is 0 Å². The molecule has 3 aromatic rings. The fourth-order valence-electron chi connectivity index (χ4n) is 4.51. The molecule has 0 aliphatic heterocycles. The second-order valence-electron chi connectivity index (χ2n) is 8.17. The van der Waals surface area contributed by atoms with Gasteiger partial charge in [-0.2, -0.15) is 0 Å². The van der Waals surface area contributed by atoms with Crippen molar-refractivity contribution >= 4 is 17.0 Å². The van der Waals surface area contributed by atoms with Gasteiger partial charge in [-0.05, 0) is 98.5 Å². The van der Waals surface area contributed by atoms with E-state index in [4.69, 9.17) is 9.47 Å². The van der Waals surface area contributed by atoms with Crippen molar-refractivity contribution in [2.24, 2.45) is 5.92 Å². The van der Waals surface area contributed by atoms with Crippen molar-refractivity contribution in [3.63, 3.8) is 0 Å². The van der Waals surface area contributed by atoms with Crippen molar-refractivity contribution in [1.29, 1.82) is 0 Å². The fourth-order valence-corrected chi connectivity index (χ4v) is 4.51. The number of benzene rings is 2. The van der Waals surface area contributed by atoms with Crippen LogP contribution in [0.4, 0.5) is 9.18 Å². The van der Waals surface area contributed by atoms with Gasteiger partial charge in [0.1, 0.15) is 17.3 Å². The summed E-state index contributed by atoms with van der Waals surface area (Å²) in [5.41, 5.74) is 2.00. The van der Waals surface area contributed by atoms with Gasteiger partial charge in [-0.15, -0.1) is 0 Å². The van der Waals surface area contributed by atoms with Crippen LogP contribution >= 0.6 is 0 Å². The maximum Gasteiger partial charge on any atom is 0.412 e. The van der Waals surface area contributed by atoms with E-state index in [2.05, 4.69) is 10.3 Å². The molecule has 2 aromatic carbocycles. The second-order valence-corrected chi connectivity index (χ2v) is 8.17. The molecule has 162 valence electrons. The van der Waals surface area contributed by atoms with Crippen molar-refractivity contribution in [3.05, 3.63) is 66.1 Å². The van der Waals surface area contributed by atoms with E-state index in [1.807, 2.05) is 13.0 Å². The molecule has 1 saturated carbocycles. The third kappa shape index (κ3) is 4.95. The molecule has 0 saturated heterocycles. The van der Waals surface area contributed by atoms with E-state index < -0.39 is 6.09 Å². The van der Waals surface area contributed by atoms with Gasteiger partial charge in [-0.25, -0.2) is 9.18 Å². The number of nitrogens with zero attached hydrogens (tertiary/aromatic N) is 1. The van der Waals surface area contributed by atoms with Crippen LogP contribution in [0.2, 0.25) is 0 Å². The Morgan fingerprint density at radius 2 is 1.77 bits per heavy atom. The van der Waals surface area contributed by atoms with E-state index in [0.717, 1.165) is 36.6 Å². The van der Waals surface area contributed by atoms with Crippen LogP contribution < -0.4 is 14.8 Å². The predicted molar refractivity (Wildman–Crippen MR) is 118 cm³/mol. The molecule has 1 atom stereocenters. The monoisotopic (exact) mass is 422 g/mol. The molecule has 4 rings (SSSR count). The molecular formula is C25H27FN2O3. The summed E-state index contributed by atoms with van der Waals surface area (Å²) < 4.78 is 24.3. The Labute approximate surface area is 181 Å². The Morgan fingerprint density at radius 1 is 1.06 bits per heavy atom. The molecule has 1 aliphatic carbocycles. The predicted octanol–water partition coefficient (Wildman–Crippen LogP) is 5.83. The summed E-state index contributed by atoms with van der Waals surface area (Å²) in [6, 6.07) is 13.7. The minimum atomic E-state index is -0.449. The molecule has 31 heavy (non-hydrogen) atoms. The number of carbonyl (C=O) groups is 1. The lowest BCUT2D eigenvalue weighted by Crippen LogP contribution is -2.40. The lowest BCUT2D eigenvalue weighted by Gasteiger charge is -2.33.